The summed E-state index contributed by atoms with van der Waals surface area (Å²) in [5.74, 6) is 0.239. The Kier molecular flexibility index (Phi) is 5.85. The normalized spacial score (nSPS) is 10.9. The maximum Gasteiger partial charge on any atom is 0.289 e. The number of hydrogen-bond acceptors (Lipinski definition) is 4. The van der Waals surface area contributed by atoms with Crippen LogP contribution in [0.15, 0.2) is 62.6 Å². The number of ether oxygens (including phenoxy) is 1. The first-order chi connectivity index (χ1) is 12.6. The van der Waals surface area contributed by atoms with E-state index in [-0.39, 0.29) is 5.91 Å². The number of methoxy groups -OCH3 is 1. The summed E-state index contributed by atoms with van der Waals surface area (Å²) in [6.07, 6.45) is 1.51. The summed E-state index contributed by atoms with van der Waals surface area (Å²) in [6.45, 7) is 0. The van der Waals surface area contributed by atoms with Gasteiger partial charge in [0.15, 0.2) is 0 Å². The molecular formula is C18H14Br2N4O2. The Balaban J connectivity index is 1.72. The number of rotatable bonds is 5. The van der Waals surface area contributed by atoms with Gasteiger partial charge in [-0.1, -0.05) is 46.3 Å². The number of carbonyl (C=O) groups is 1. The molecule has 0 fully saturated rings. The number of hydrogen-bond donors (Lipinski definition) is 2. The Labute approximate surface area is 166 Å². The molecule has 6 nitrogen and oxygen atoms in total. The SMILES string of the molecule is COc1c(Br)cc(Br)cc1/C=N\NC(=O)c1cc(-c2ccccc2)n[nH]1. The van der Waals surface area contributed by atoms with Crippen LogP contribution >= 0.6 is 31.9 Å². The first-order valence-corrected chi connectivity index (χ1v) is 9.14. The fraction of sp³-hybridized carbons (Fsp3) is 0.0556. The molecule has 1 aromatic heterocycles. The number of aromatic nitrogens is 2. The Morgan fingerprint density at radius 3 is 2.73 bits per heavy atom. The van der Waals surface area contributed by atoms with Crippen LogP contribution in [0.3, 0.4) is 0 Å². The van der Waals surface area contributed by atoms with Gasteiger partial charge in [-0.2, -0.15) is 10.2 Å². The largest absolute Gasteiger partial charge is 0.495 e. The van der Waals surface area contributed by atoms with E-state index in [0.717, 1.165) is 14.5 Å². The zero-order chi connectivity index (χ0) is 18.5. The lowest BCUT2D eigenvalue weighted by molar-refractivity contribution is 0.0950. The van der Waals surface area contributed by atoms with Gasteiger partial charge in [0.2, 0.25) is 0 Å². The Morgan fingerprint density at radius 2 is 2.00 bits per heavy atom. The predicted molar refractivity (Wildman–Crippen MR) is 107 cm³/mol. The van der Waals surface area contributed by atoms with E-state index in [1.165, 1.54) is 6.21 Å². The van der Waals surface area contributed by atoms with Crippen LogP contribution in [-0.2, 0) is 0 Å². The highest BCUT2D eigenvalue weighted by Crippen LogP contribution is 2.31. The fourth-order valence-corrected chi connectivity index (χ4v) is 3.73. The van der Waals surface area contributed by atoms with Crippen LogP contribution in [0.1, 0.15) is 16.1 Å². The second-order valence-corrected chi connectivity index (χ2v) is 7.01. The predicted octanol–water partition coefficient (Wildman–Crippen LogP) is 4.37. The minimum atomic E-state index is -0.385. The molecule has 0 aliphatic carbocycles. The first-order valence-electron chi connectivity index (χ1n) is 7.55. The third kappa shape index (κ3) is 4.20. The van der Waals surface area contributed by atoms with Crippen molar-refractivity contribution in [2.45, 2.75) is 0 Å². The highest BCUT2D eigenvalue weighted by atomic mass is 79.9. The van der Waals surface area contributed by atoms with Gasteiger partial charge in [-0.3, -0.25) is 9.89 Å². The van der Waals surface area contributed by atoms with Gasteiger partial charge in [-0.25, -0.2) is 5.43 Å². The molecule has 3 rings (SSSR count). The number of nitrogens with one attached hydrogen (secondary N) is 2. The third-order valence-corrected chi connectivity index (χ3v) is 4.55. The van der Waals surface area contributed by atoms with Crippen molar-refractivity contribution < 1.29 is 9.53 Å². The van der Waals surface area contributed by atoms with Crippen LogP contribution in [0.4, 0.5) is 0 Å². The Bertz CT molecular complexity index is 955. The molecule has 0 aliphatic heterocycles. The van der Waals surface area contributed by atoms with Gasteiger partial charge in [0, 0.05) is 15.6 Å². The van der Waals surface area contributed by atoms with Crippen molar-refractivity contribution in [3.63, 3.8) is 0 Å². The lowest BCUT2D eigenvalue weighted by Crippen LogP contribution is -2.18. The summed E-state index contributed by atoms with van der Waals surface area (Å²) >= 11 is 6.83. The van der Waals surface area contributed by atoms with Gasteiger partial charge in [0.1, 0.15) is 11.4 Å². The standard InChI is InChI=1S/C18H14Br2N4O2/c1-26-17-12(7-13(19)8-14(17)20)10-21-24-18(25)16-9-15(22-23-16)11-5-3-2-4-6-11/h2-10H,1H3,(H,22,23)(H,24,25)/b21-10-. The molecule has 0 bridgehead atoms. The molecule has 26 heavy (non-hydrogen) atoms. The maximum absolute atomic E-state index is 12.2. The highest BCUT2D eigenvalue weighted by molar-refractivity contribution is 9.11. The summed E-state index contributed by atoms with van der Waals surface area (Å²) in [5, 5.41) is 10.9. The van der Waals surface area contributed by atoms with Crippen LogP contribution < -0.4 is 10.2 Å². The number of hydrazone groups is 1. The van der Waals surface area contributed by atoms with Crippen molar-refractivity contribution in [2.75, 3.05) is 7.11 Å². The molecule has 0 saturated heterocycles. The summed E-state index contributed by atoms with van der Waals surface area (Å²) in [4.78, 5) is 12.2. The van der Waals surface area contributed by atoms with Gasteiger partial charge >= 0.3 is 0 Å². The van der Waals surface area contributed by atoms with E-state index in [1.807, 2.05) is 42.5 Å². The van der Waals surface area contributed by atoms with E-state index < -0.39 is 0 Å². The molecule has 2 aromatic carbocycles. The van der Waals surface area contributed by atoms with Crippen molar-refractivity contribution in [3.8, 4) is 17.0 Å². The molecule has 0 aliphatic rings. The average molecular weight is 478 g/mol. The minimum absolute atomic E-state index is 0.323. The molecule has 1 heterocycles. The topological polar surface area (TPSA) is 79.4 Å². The van der Waals surface area contributed by atoms with E-state index in [9.17, 15) is 4.79 Å². The summed E-state index contributed by atoms with van der Waals surface area (Å²) < 4.78 is 6.98. The van der Waals surface area contributed by atoms with Gasteiger partial charge in [0.05, 0.1) is 23.5 Å². The Hall–Kier alpha value is -2.45. The molecular weight excluding hydrogens is 464 g/mol. The quantitative estimate of drug-likeness (QED) is 0.423. The summed E-state index contributed by atoms with van der Waals surface area (Å²) in [5.41, 5.74) is 5.13. The summed E-state index contributed by atoms with van der Waals surface area (Å²) in [7, 11) is 1.57. The lowest BCUT2D eigenvalue weighted by atomic mass is 10.1. The lowest BCUT2D eigenvalue weighted by Gasteiger charge is -2.07. The number of amides is 1. The van der Waals surface area contributed by atoms with Crippen molar-refractivity contribution in [3.05, 3.63) is 68.7 Å². The van der Waals surface area contributed by atoms with Gasteiger partial charge in [-0.15, -0.1) is 0 Å². The second-order valence-electron chi connectivity index (χ2n) is 5.24. The second kappa shape index (κ2) is 8.29. The summed E-state index contributed by atoms with van der Waals surface area (Å²) in [6, 6.07) is 15.0. The van der Waals surface area contributed by atoms with E-state index >= 15 is 0 Å². The Morgan fingerprint density at radius 1 is 1.23 bits per heavy atom. The zero-order valence-corrected chi connectivity index (χ0v) is 16.8. The number of H-pyrrole nitrogens is 1. The van der Waals surface area contributed by atoms with Crippen molar-refractivity contribution >= 4 is 44.0 Å². The van der Waals surface area contributed by atoms with Crippen molar-refractivity contribution in [1.29, 1.82) is 0 Å². The van der Waals surface area contributed by atoms with Crippen LogP contribution in [0.2, 0.25) is 0 Å². The molecule has 8 heteroatoms. The van der Waals surface area contributed by atoms with Crippen molar-refractivity contribution in [2.24, 2.45) is 5.10 Å². The molecule has 1 amide bonds. The van der Waals surface area contributed by atoms with Gasteiger partial charge in [-0.05, 0) is 34.1 Å². The molecule has 2 N–H and O–H groups in total. The monoisotopic (exact) mass is 476 g/mol. The van der Waals surface area contributed by atoms with Crippen LogP contribution in [0.25, 0.3) is 11.3 Å². The maximum atomic E-state index is 12.2. The van der Waals surface area contributed by atoms with Crippen molar-refractivity contribution in [1.82, 2.24) is 15.6 Å². The van der Waals surface area contributed by atoms with Gasteiger partial charge in [0.25, 0.3) is 5.91 Å². The number of benzene rings is 2. The van der Waals surface area contributed by atoms with Crippen LogP contribution in [0, 0.1) is 0 Å². The van der Waals surface area contributed by atoms with E-state index in [4.69, 9.17) is 4.74 Å². The number of carbonyl (C=O) groups excluding carboxylic acids is 1. The smallest absolute Gasteiger partial charge is 0.289 e. The molecule has 0 saturated carbocycles. The molecule has 0 radical (unpaired) electrons. The first kappa shape index (κ1) is 18.3. The number of aromatic amines is 1. The van der Waals surface area contributed by atoms with Crippen LogP contribution in [-0.4, -0.2) is 29.4 Å². The van der Waals surface area contributed by atoms with Gasteiger partial charge < -0.3 is 4.74 Å². The molecule has 0 spiro atoms. The van der Waals surface area contributed by atoms with E-state index in [1.54, 1.807) is 13.2 Å². The van der Waals surface area contributed by atoms with Crippen LogP contribution in [0.5, 0.6) is 5.75 Å². The molecule has 0 unspecified atom stereocenters. The number of halogens is 2. The zero-order valence-electron chi connectivity index (χ0n) is 13.7. The number of nitrogens with zero attached hydrogens (tertiary/aromatic N) is 2. The fourth-order valence-electron chi connectivity index (χ4n) is 2.31. The highest BCUT2D eigenvalue weighted by Gasteiger charge is 2.11. The third-order valence-electron chi connectivity index (χ3n) is 3.50. The molecule has 0 atom stereocenters. The minimum Gasteiger partial charge on any atom is -0.495 e. The van der Waals surface area contributed by atoms with E-state index in [0.29, 0.717) is 22.7 Å². The molecule has 3 aromatic rings. The van der Waals surface area contributed by atoms with E-state index in [2.05, 4.69) is 52.6 Å². The average Bonchev–Trinajstić information content (AvgIpc) is 3.12. The molecule has 132 valence electrons.